The molecule has 0 radical (unpaired) electrons. The average Bonchev–Trinajstić information content (AvgIpc) is 3.05. The molecule has 0 saturated carbocycles. The van der Waals surface area contributed by atoms with Crippen LogP contribution in [0.3, 0.4) is 0 Å². The summed E-state index contributed by atoms with van der Waals surface area (Å²) in [5.41, 5.74) is 2.16. The predicted molar refractivity (Wildman–Crippen MR) is 95.9 cm³/mol. The van der Waals surface area contributed by atoms with Crippen LogP contribution in [0.5, 0.6) is 0 Å². The molecule has 3 rings (SSSR count). The lowest BCUT2D eigenvalue weighted by atomic mass is 10.1. The third kappa shape index (κ3) is 3.42. The smallest absolute Gasteiger partial charge is 0.228 e. The molecule has 0 aliphatic carbocycles. The van der Waals surface area contributed by atoms with E-state index in [1.165, 1.54) is 0 Å². The quantitative estimate of drug-likeness (QED) is 0.460. The fraction of sp³-hybridized carbons (Fsp3) is 0.0526. The third-order valence-electron chi connectivity index (χ3n) is 3.47. The van der Waals surface area contributed by atoms with Gasteiger partial charge in [-0.2, -0.15) is 0 Å². The number of benzene rings is 2. The first kappa shape index (κ1) is 15.7. The number of furan rings is 1. The first-order valence-corrected chi connectivity index (χ1v) is 8.14. The van der Waals surface area contributed by atoms with Crippen LogP contribution in [-0.2, 0) is 0 Å². The van der Waals surface area contributed by atoms with Crippen molar-refractivity contribution in [3.63, 3.8) is 0 Å². The van der Waals surface area contributed by atoms with Crippen LogP contribution in [0.4, 0.5) is 0 Å². The summed E-state index contributed by atoms with van der Waals surface area (Å²) < 4.78 is 6.53. The zero-order valence-corrected chi connectivity index (χ0v) is 14.5. The minimum atomic E-state index is -0.232. The van der Waals surface area contributed by atoms with E-state index in [1.807, 2.05) is 31.2 Å². The summed E-state index contributed by atoms with van der Waals surface area (Å²) in [6, 6.07) is 17.5. The Hall–Kier alpha value is -2.21. The number of hydrogen-bond donors (Lipinski definition) is 0. The van der Waals surface area contributed by atoms with Gasteiger partial charge in [0.25, 0.3) is 0 Å². The Morgan fingerprint density at radius 1 is 0.739 bits per heavy atom. The Kier molecular flexibility index (Phi) is 4.43. The van der Waals surface area contributed by atoms with Crippen LogP contribution in [0.15, 0.2) is 65.1 Å². The fourth-order valence-electron chi connectivity index (χ4n) is 2.17. The lowest BCUT2D eigenvalue weighted by molar-refractivity contribution is 0.0986. The lowest BCUT2D eigenvalue weighted by Crippen LogP contribution is -2.01. The number of rotatable bonds is 4. The fourth-order valence-corrected chi connectivity index (χ4v) is 2.53. The Balaban J connectivity index is 1.85. The Morgan fingerprint density at radius 2 is 1.17 bits per heavy atom. The van der Waals surface area contributed by atoms with Gasteiger partial charge in [-0.05, 0) is 65.9 Å². The normalized spacial score (nSPS) is 10.5. The summed E-state index contributed by atoms with van der Waals surface area (Å²) in [6.07, 6.45) is 0. The number of carbonyl (C=O) groups is 2. The lowest BCUT2D eigenvalue weighted by Gasteiger charge is -2.00. The van der Waals surface area contributed by atoms with Crippen molar-refractivity contribution in [1.82, 2.24) is 0 Å². The van der Waals surface area contributed by atoms with E-state index in [0.717, 1.165) is 9.13 Å². The van der Waals surface area contributed by atoms with Crippen LogP contribution < -0.4 is 0 Å². The average molecular weight is 416 g/mol. The van der Waals surface area contributed by atoms with Crippen molar-refractivity contribution in [3.8, 4) is 0 Å². The molecule has 1 aromatic heterocycles. The molecule has 0 unspecified atom stereocenters. The number of ketones is 2. The first-order valence-electron chi connectivity index (χ1n) is 7.06. The monoisotopic (exact) mass is 416 g/mol. The highest BCUT2D eigenvalue weighted by molar-refractivity contribution is 14.1. The van der Waals surface area contributed by atoms with E-state index in [0.29, 0.717) is 11.1 Å². The molecule has 4 heteroatoms. The van der Waals surface area contributed by atoms with Gasteiger partial charge in [0.2, 0.25) is 11.6 Å². The van der Waals surface area contributed by atoms with Gasteiger partial charge in [-0.15, -0.1) is 0 Å². The van der Waals surface area contributed by atoms with Crippen molar-refractivity contribution in [2.75, 3.05) is 0 Å². The van der Waals surface area contributed by atoms with E-state index in [-0.39, 0.29) is 23.1 Å². The van der Waals surface area contributed by atoms with E-state index in [2.05, 4.69) is 22.6 Å². The van der Waals surface area contributed by atoms with Crippen molar-refractivity contribution in [3.05, 3.63) is 92.4 Å². The van der Waals surface area contributed by atoms with E-state index in [9.17, 15) is 9.59 Å². The second kappa shape index (κ2) is 6.50. The molecule has 0 fully saturated rings. The molecule has 3 nitrogen and oxygen atoms in total. The molecule has 0 atom stereocenters. The molecule has 0 N–H and O–H groups in total. The number of aryl methyl sites for hydroxylation is 1. The van der Waals surface area contributed by atoms with Crippen molar-refractivity contribution >= 4 is 34.2 Å². The van der Waals surface area contributed by atoms with Crippen molar-refractivity contribution in [2.24, 2.45) is 0 Å². The molecule has 0 spiro atoms. The van der Waals surface area contributed by atoms with E-state index >= 15 is 0 Å². The first-order chi connectivity index (χ1) is 11.0. The molecule has 0 aliphatic rings. The molecule has 0 aliphatic heterocycles. The van der Waals surface area contributed by atoms with Gasteiger partial charge in [0.15, 0.2) is 11.5 Å². The van der Waals surface area contributed by atoms with E-state index in [4.69, 9.17) is 4.42 Å². The highest BCUT2D eigenvalue weighted by Gasteiger charge is 2.18. The van der Waals surface area contributed by atoms with Crippen molar-refractivity contribution < 1.29 is 14.0 Å². The Morgan fingerprint density at radius 3 is 1.65 bits per heavy atom. The summed E-state index contributed by atoms with van der Waals surface area (Å²) in [5, 5.41) is 0. The van der Waals surface area contributed by atoms with Crippen LogP contribution >= 0.6 is 22.6 Å². The molecule has 2 aromatic carbocycles. The van der Waals surface area contributed by atoms with Gasteiger partial charge in [-0.25, -0.2) is 0 Å². The van der Waals surface area contributed by atoms with Gasteiger partial charge in [0.1, 0.15) is 0 Å². The van der Waals surface area contributed by atoms with Crippen LogP contribution in [0.1, 0.15) is 37.8 Å². The molecule has 114 valence electrons. The summed E-state index contributed by atoms with van der Waals surface area (Å²) in [5.74, 6) is -0.125. The second-order valence-electron chi connectivity index (χ2n) is 5.20. The summed E-state index contributed by atoms with van der Waals surface area (Å²) in [6.45, 7) is 1.96. The number of carbonyl (C=O) groups excluding carboxylic acids is 2. The molecule has 23 heavy (non-hydrogen) atoms. The summed E-state index contributed by atoms with van der Waals surface area (Å²) in [4.78, 5) is 24.7. The minimum absolute atomic E-state index is 0.168. The van der Waals surface area contributed by atoms with Gasteiger partial charge in [0.05, 0.1) is 0 Å². The second-order valence-corrected chi connectivity index (χ2v) is 6.44. The largest absolute Gasteiger partial charge is 0.449 e. The maximum atomic E-state index is 12.4. The topological polar surface area (TPSA) is 47.3 Å². The maximum absolute atomic E-state index is 12.4. The van der Waals surface area contributed by atoms with Crippen LogP contribution in [0, 0.1) is 10.5 Å². The standard InChI is InChI=1S/C19H13IO3/c1-12-2-4-13(5-3-12)18(21)16-10-11-17(23-16)19(22)14-6-8-15(20)9-7-14/h2-11H,1H3. The van der Waals surface area contributed by atoms with Crippen LogP contribution in [0.25, 0.3) is 0 Å². The van der Waals surface area contributed by atoms with Crippen LogP contribution in [0.2, 0.25) is 0 Å². The zero-order valence-electron chi connectivity index (χ0n) is 12.4. The molecular formula is C19H13IO3. The Bertz CT molecular complexity index is 786. The van der Waals surface area contributed by atoms with Gasteiger partial charge in [-0.3, -0.25) is 9.59 Å². The summed E-state index contributed by atoms with van der Waals surface area (Å²) in [7, 11) is 0. The van der Waals surface area contributed by atoms with Gasteiger partial charge < -0.3 is 4.42 Å². The van der Waals surface area contributed by atoms with Gasteiger partial charge >= 0.3 is 0 Å². The number of halogens is 1. The van der Waals surface area contributed by atoms with E-state index in [1.54, 1.807) is 36.4 Å². The molecule has 3 aromatic rings. The zero-order chi connectivity index (χ0) is 16.4. The molecule has 0 bridgehead atoms. The highest BCUT2D eigenvalue weighted by atomic mass is 127. The number of hydrogen-bond acceptors (Lipinski definition) is 3. The Labute approximate surface area is 147 Å². The van der Waals surface area contributed by atoms with Crippen molar-refractivity contribution in [1.29, 1.82) is 0 Å². The predicted octanol–water partition coefficient (Wildman–Crippen LogP) is 4.65. The minimum Gasteiger partial charge on any atom is -0.449 e. The maximum Gasteiger partial charge on any atom is 0.228 e. The van der Waals surface area contributed by atoms with Crippen molar-refractivity contribution in [2.45, 2.75) is 6.92 Å². The van der Waals surface area contributed by atoms with E-state index < -0.39 is 0 Å². The SMILES string of the molecule is Cc1ccc(C(=O)c2ccc(C(=O)c3ccc(I)cc3)o2)cc1. The molecule has 0 saturated heterocycles. The third-order valence-corrected chi connectivity index (χ3v) is 4.19. The van der Waals surface area contributed by atoms with Crippen LogP contribution in [-0.4, -0.2) is 11.6 Å². The molecular weight excluding hydrogens is 403 g/mol. The highest BCUT2D eigenvalue weighted by Crippen LogP contribution is 2.18. The molecule has 0 amide bonds. The van der Waals surface area contributed by atoms with Gasteiger partial charge in [-0.1, -0.05) is 29.8 Å². The summed E-state index contributed by atoms with van der Waals surface area (Å²) >= 11 is 2.18. The molecule has 1 heterocycles. The van der Waals surface area contributed by atoms with Gasteiger partial charge in [0, 0.05) is 14.7 Å².